The van der Waals surface area contributed by atoms with Gasteiger partial charge in [0.15, 0.2) is 0 Å². The fraction of sp³-hybridized carbons (Fsp3) is 0.529. The number of likely N-dealkylation sites (N-methyl/N-ethyl adjacent to an activating group) is 1. The number of anilines is 1. The first kappa shape index (κ1) is 20.5. The van der Waals surface area contributed by atoms with Gasteiger partial charge in [0.2, 0.25) is 11.8 Å². The van der Waals surface area contributed by atoms with Crippen molar-refractivity contribution < 1.29 is 22.8 Å². The molecule has 2 amide bonds. The molecule has 1 aromatic carbocycles. The van der Waals surface area contributed by atoms with E-state index in [1.54, 1.807) is 24.3 Å². The number of nitrogens with zero attached hydrogens (tertiary/aromatic N) is 2. The van der Waals surface area contributed by atoms with Gasteiger partial charge in [-0.2, -0.15) is 13.2 Å². The lowest BCUT2D eigenvalue weighted by molar-refractivity contribution is -0.187. The summed E-state index contributed by atoms with van der Waals surface area (Å²) >= 11 is 5.95. The molecule has 2 rings (SSSR count). The number of hydrogen-bond acceptors (Lipinski definition) is 3. The summed E-state index contributed by atoms with van der Waals surface area (Å²) in [6, 6.07) is 6.69. The molecule has 1 N–H and O–H groups in total. The second-order valence-electron chi connectivity index (χ2n) is 6.39. The second kappa shape index (κ2) is 8.73. The maximum absolute atomic E-state index is 12.8. The molecule has 0 aromatic heterocycles. The van der Waals surface area contributed by atoms with Crippen LogP contribution in [0.15, 0.2) is 24.3 Å². The van der Waals surface area contributed by atoms with Gasteiger partial charge in [-0.05, 0) is 31.5 Å². The molecule has 144 valence electrons. The summed E-state index contributed by atoms with van der Waals surface area (Å²) in [4.78, 5) is 26.9. The Morgan fingerprint density at radius 3 is 2.69 bits per heavy atom. The Bertz CT molecular complexity index is 654. The smallest absolute Gasteiger partial charge is 0.335 e. The van der Waals surface area contributed by atoms with Crippen molar-refractivity contribution in [1.82, 2.24) is 9.80 Å². The van der Waals surface area contributed by atoms with E-state index in [1.807, 2.05) is 0 Å². The van der Waals surface area contributed by atoms with Gasteiger partial charge in [-0.15, -0.1) is 0 Å². The highest BCUT2D eigenvalue weighted by atomic mass is 35.5. The zero-order chi connectivity index (χ0) is 19.3. The Hall–Kier alpha value is -1.80. The third-order valence-electron chi connectivity index (χ3n) is 4.28. The maximum Gasteiger partial charge on any atom is 0.393 e. The van der Waals surface area contributed by atoms with E-state index >= 15 is 0 Å². The Labute approximate surface area is 155 Å². The highest BCUT2D eigenvalue weighted by molar-refractivity contribution is 6.33. The standard InChI is InChI=1S/C17H21ClF3N3O2/c1-23(10-15(25)22-14-7-3-2-6-13(14)18)16(26)11-24-8-4-5-12(9-24)17(19,20)21/h2-3,6-7,12H,4-5,8-11H2,1H3,(H,22,25)/t12-/m1/s1. The molecule has 1 fully saturated rings. The van der Waals surface area contributed by atoms with E-state index in [4.69, 9.17) is 11.6 Å². The Kier molecular flexibility index (Phi) is 6.88. The molecule has 0 saturated carbocycles. The zero-order valence-electron chi connectivity index (χ0n) is 14.4. The van der Waals surface area contributed by atoms with E-state index in [-0.39, 0.29) is 26.1 Å². The highest BCUT2D eigenvalue weighted by Crippen LogP contribution is 2.33. The third kappa shape index (κ3) is 5.88. The molecule has 1 atom stereocenters. The molecule has 1 aliphatic rings. The molecular weight excluding hydrogens is 371 g/mol. The summed E-state index contributed by atoms with van der Waals surface area (Å²) in [5.74, 6) is -2.24. The van der Waals surface area contributed by atoms with E-state index in [0.717, 1.165) is 0 Å². The minimum Gasteiger partial charge on any atom is -0.335 e. The number of benzene rings is 1. The van der Waals surface area contributed by atoms with E-state index in [0.29, 0.717) is 23.7 Å². The Morgan fingerprint density at radius 2 is 2.04 bits per heavy atom. The Morgan fingerprint density at radius 1 is 1.35 bits per heavy atom. The minimum absolute atomic E-state index is 0.0876. The lowest BCUT2D eigenvalue weighted by atomic mass is 9.97. The van der Waals surface area contributed by atoms with Gasteiger partial charge in [0.05, 0.1) is 29.7 Å². The number of rotatable bonds is 5. The fourth-order valence-electron chi connectivity index (χ4n) is 2.83. The molecule has 26 heavy (non-hydrogen) atoms. The predicted molar refractivity (Wildman–Crippen MR) is 92.9 cm³/mol. The van der Waals surface area contributed by atoms with Crippen LogP contribution in [-0.4, -0.2) is 61.0 Å². The lowest BCUT2D eigenvalue weighted by Gasteiger charge is -2.34. The van der Waals surface area contributed by atoms with Gasteiger partial charge in [-0.1, -0.05) is 23.7 Å². The molecule has 0 aliphatic carbocycles. The fourth-order valence-corrected chi connectivity index (χ4v) is 3.02. The first-order valence-corrected chi connectivity index (χ1v) is 8.62. The van der Waals surface area contributed by atoms with Crippen molar-refractivity contribution in [1.29, 1.82) is 0 Å². The van der Waals surface area contributed by atoms with E-state index < -0.39 is 23.9 Å². The zero-order valence-corrected chi connectivity index (χ0v) is 15.1. The molecule has 0 spiro atoms. The van der Waals surface area contributed by atoms with Crippen molar-refractivity contribution >= 4 is 29.1 Å². The summed E-state index contributed by atoms with van der Waals surface area (Å²) in [7, 11) is 1.44. The number of carbonyl (C=O) groups excluding carboxylic acids is 2. The van der Waals surface area contributed by atoms with Crippen LogP contribution in [0, 0.1) is 5.92 Å². The SMILES string of the molecule is CN(CC(=O)Nc1ccccc1Cl)C(=O)CN1CCC[C@@H](C(F)(F)F)C1. The van der Waals surface area contributed by atoms with Crippen LogP contribution in [0.3, 0.4) is 0 Å². The van der Waals surface area contributed by atoms with Crippen LogP contribution in [0.4, 0.5) is 18.9 Å². The molecule has 9 heteroatoms. The number of hydrogen-bond donors (Lipinski definition) is 1. The minimum atomic E-state index is -4.25. The van der Waals surface area contributed by atoms with Crippen molar-refractivity contribution in [3.63, 3.8) is 0 Å². The first-order valence-electron chi connectivity index (χ1n) is 8.24. The van der Waals surface area contributed by atoms with Gasteiger partial charge in [0.25, 0.3) is 0 Å². The number of amides is 2. The molecule has 0 radical (unpaired) electrons. The van der Waals surface area contributed by atoms with Gasteiger partial charge < -0.3 is 10.2 Å². The number of carbonyl (C=O) groups is 2. The number of piperidine rings is 1. The van der Waals surface area contributed by atoms with Gasteiger partial charge in [0.1, 0.15) is 0 Å². The summed E-state index contributed by atoms with van der Waals surface area (Å²) in [5.41, 5.74) is 0.434. The predicted octanol–water partition coefficient (Wildman–Crippen LogP) is 3.01. The van der Waals surface area contributed by atoms with Crippen LogP contribution >= 0.6 is 11.6 Å². The van der Waals surface area contributed by atoms with Gasteiger partial charge in [-0.25, -0.2) is 0 Å². The van der Waals surface area contributed by atoms with Crippen LogP contribution in [0.5, 0.6) is 0 Å². The van der Waals surface area contributed by atoms with Crippen molar-refractivity contribution in [3.8, 4) is 0 Å². The number of para-hydroxylation sites is 1. The molecule has 1 saturated heterocycles. The van der Waals surface area contributed by atoms with Crippen molar-refractivity contribution in [2.24, 2.45) is 5.92 Å². The number of nitrogens with one attached hydrogen (secondary N) is 1. The van der Waals surface area contributed by atoms with Crippen LogP contribution in [0.1, 0.15) is 12.8 Å². The molecule has 5 nitrogen and oxygen atoms in total. The monoisotopic (exact) mass is 391 g/mol. The van der Waals surface area contributed by atoms with Gasteiger partial charge >= 0.3 is 6.18 Å². The summed E-state index contributed by atoms with van der Waals surface area (Å²) < 4.78 is 38.5. The Balaban J connectivity index is 1.83. The van der Waals surface area contributed by atoms with E-state index in [2.05, 4.69) is 5.32 Å². The van der Waals surface area contributed by atoms with Crippen molar-refractivity contribution in [3.05, 3.63) is 29.3 Å². The largest absolute Gasteiger partial charge is 0.393 e. The lowest BCUT2D eigenvalue weighted by Crippen LogP contribution is -2.47. The number of likely N-dealkylation sites (tertiary alicyclic amines) is 1. The van der Waals surface area contributed by atoms with Gasteiger partial charge in [0, 0.05) is 13.6 Å². The number of alkyl halides is 3. The molecule has 1 heterocycles. The number of halogens is 4. The first-order chi connectivity index (χ1) is 12.2. The van der Waals surface area contributed by atoms with E-state index in [1.165, 1.54) is 16.8 Å². The highest BCUT2D eigenvalue weighted by Gasteiger charge is 2.42. The quantitative estimate of drug-likeness (QED) is 0.839. The average Bonchev–Trinajstić information content (AvgIpc) is 2.56. The second-order valence-corrected chi connectivity index (χ2v) is 6.80. The summed E-state index contributed by atoms with van der Waals surface area (Å²) in [6.07, 6.45) is -3.76. The third-order valence-corrected chi connectivity index (χ3v) is 4.61. The van der Waals surface area contributed by atoms with Gasteiger partial charge in [-0.3, -0.25) is 14.5 Å². The average molecular weight is 392 g/mol. The molecular formula is C17H21ClF3N3O2. The summed E-state index contributed by atoms with van der Waals surface area (Å²) in [5, 5.41) is 2.98. The van der Waals surface area contributed by atoms with Crippen LogP contribution < -0.4 is 5.32 Å². The van der Waals surface area contributed by atoms with Crippen molar-refractivity contribution in [2.75, 3.05) is 38.5 Å². The summed E-state index contributed by atoms with van der Waals surface area (Å²) in [6.45, 7) is -0.0874. The topological polar surface area (TPSA) is 52.7 Å². The normalized spacial score (nSPS) is 18.4. The van der Waals surface area contributed by atoms with Crippen LogP contribution in [0.25, 0.3) is 0 Å². The molecule has 0 bridgehead atoms. The molecule has 1 aliphatic heterocycles. The molecule has 0 unspecified atom stereocenters. The van der Waals surface area contributed by atoms with E-state index in [9.17, 15) is 22.8 Å². The van der Waals surface area contributed by atoms with Crippen molar-refractivity contribution in [2.45, 2.75) is 19.0 Å². The maximum atomic E-state index is 12.8. The molecule has 1 aromatic rings. The van der Waals surface area contributed by atoms with Crippen LogP contribution in [0.2, 0.25) is 5.02 Å². The van der Waals surface area contributed by atoms with Crippen LogP contribution in [-0.2, 0) is 9.59 Å².